The number of imidazole rings is 1. The quantitative estimate of drug-likeness (QED) is 0.541. The number of carbonyl (C=O) groups excluding carboxylic acids is 1. The number of hydrogen-bond acceptors (Lipinski definition) is 6. The Bertz CT molecular complexity index is 1270. The normalized spacial score (nSPS) is 16.3. The van der Waals surface area contributed by atoms with E-state index < -0.39 is 11.7 Å². The van der Waals surface area contributed by atoms with E-state index in [0.29, 0.717) is 33.7 Å². The van der Waals surface area contributed by atoms with Gasteiger partial charge in [0, 0.05) is 37.4 Å². The lowest BCUT2D eigenvalue weighted by Gasteiger charge is -2.15. The van der Waals surface area contributed by atoms with Crippen molar-refractivity contribution < 1.29 is 13.9 Å². The van der Waals surface area contributed by atoms with Crippen LogP contribution >= 0.6 is 0 Å². The Morgan fingerprint density at radius 3 is 2.90 bits per heavy atom. The van der Waals surface area contributed by atoms with Gasteiger partial charge in [-0.2, -0.15) is 0 Å². The second-order valence-electron chi connectivity index (χ2n) is 7.24. The molecule has 1 saturated heterocycles. The first kappa shape index (κ1) is 18.4. The Hall–Kier alpha value is -3.59. The van der Waals surface area contributed by atoms with E-state index in [4.69, 9.17) is 4.74 Å². The number of nitrogens with zero attached hydrogens (tertiary/aromatic N) is 4. The van der Waals surface area contributed by atoms with Crippen molar-refractivity contribution in [2.24, 2.45) is 0 Å². The van der Waals surface area contributed by atoms with Crippen molar-refractivity contribution in [1.82, 2.24) is 24.7 Å². The van der Waals surface area contributed by atoms with Crippen LogP contribution in [-0.4, -0.2) is 44.5 Å². The standard InChI is InChI=1S/C21H19FN6O2/c1-12-10-28-11-13(8-16(22)20(28)26-12)27-21(29)15-2-3-17(30-14-4-5-23-9-14)19-18(15)24-6-7-25-19/h2-3,6-8,10-11,14,23H,4-5,9H2,1H3,(H,27,29)/t14-/m0/s1. The van der Waals surface area contributed by atoms with Crippen molar-refractivity contribution in [2.75, 3.05) is 18.4 Å². The molecule has 9 heteroatoms. The zero-order chi connectivity index (χ0) is 20.7. The molecule has 8 nitrogen and oxygen atoms in total. The number of pyridine rings is 1. The predicted octanol–water partition coefficient (Wildman–Crippen LogP) is 2.72. The molecular weight excluding hydrogens is 387 g/mol. The van der Waals surface area contributed by atoms with E-state index in [1.807, 2.05) is 0 Å². The summed E-state index contributed by atoms with van der Waals surface area (Å²) in [5.41, 5.74) is 2.49. The zero-order valence-corrected chi connectivity index (χ0v) is 16.2. The lowest BCUT2D eigenvalue weighted by atomic mass is 10.1. The summed E-state index contributed by atoms with van der Waals surface area (Å²) < 4.78 is 21.9. The first-order valence-electron chi connectivity index (χ1n) is 9.66. The first-order chi connectivity index (χ1) is 14.6. The van der Waals surface area contributed by atoms with Gasteiger partial charge in [-0.25, -0.2) is 14.4 Å². The number of fused-ring (bicyclic) bond motifs is 2. The number of amides is 1. The summed E-state index contributed by atoms with van der Waals surface area (Å²) in [5, 5.41) is 5.99. The Morgan fingerprint density at radius 2 is 2.10 bits per heavy atom. The van der Waals surface area contributed by atoms with E-state index in [1.165, 1.54) is 12.3 Å². The van der Waals surface area contributed by atoms with Crippen LogP contribution in [-0.2, 0) is 0 Å². The highest BCUT2D eigenvalue weighted by Crippen LogP contribution is 2.28. The molecule has 4 heterocycles. The number of halogens is 1. The topological polar surface area (TPSA) is 93.4 Å². The van der Waals surface area contributed by atoms with Gasteiger partial charge >= 0.3 is 0 Å². The van der Waals surface area contributed by atoms with Crippen LogP contribution in [0.25, 0.3) is 16.7 Å². The average molecular weight is 406 g/mol. The molecule has 2 N–H and O–H groups in total. The fourth-order valence-electron chi connectivity index (χ4n) is 3.67. The van der Waals surface area contributed by atoms with Crippen LogP contribution in [0.1, 0.15) is 22.5 Å². The Balaban J connectivity index is 1.47. The molecule has 0 spiro atoms. The van der Waals surface area contributed by atoms with Crippen molar-refractivity contribution in [3.05, 3.63) is 60.1 Å². The van der Waals surface area contributed by atoms with E-state index in [2.05, 4.69) is 25.6 Å². The van der Waals surface area contributed by atoms with Gasteiger partial charge < -0.3 is 19.8 Å². The van der Waals surface area contributed by atoms with Crippen LogP contribution in [0.3, 0.4) is 0 Å². The molecule has 0 aliphatic carbocycles. The molecule has 0 saturated carbocycles. The van der Waals surface area contributed by atoms with E-state index >= 15 is 0 Å². The fourth-order valence-corrected chi connectivity index (χ4v) is 3.67. The molecule has 5 rings (SSSR count). The second kappa shape index (κ2) is 7.34. The minimum Gasteiger partial charge on any atom is -0.487 e. The molecule has 1 amide bonds. The number of carbonyl (C=O) groups is 1. The molecule has 30 heavy (non-hydrogen) atoms. The lowest BCUT2D eigenvalue weighted by Crippen LogP contribution is -2.20. The van der Waals surface area contributed by atoms with Gasteiger partial charge in [-0.15, -0.1) is 0 Å². The third-order valence-electron chi connectivity index (χ3n) is 5.03. The minimum absolute atomic E-state index is 0.0585. The van der Waals surface area contributed by atoms with E-state index in [1.54, 1.807) is 42.0 Å². The molecule has 3 aromatic heterocycles. The summed E-state index contributed by atoms with van der Waals surface area (Å²) in [7, 11) is 0. The summed E-state index contributed by atoms with van der Waals surface area (Å²) in [6.45, 7) is 3.46. The highest BCUT2D eigenvalue weighted by molar-refractivity contribution is 6.12. The van der Waals surface area contributed by atoms with E-state index in [0.717, 1.165) is 19.5 Å². The monoisotopic (exact) mass is 406 g/mol. The van der Waals surface area contributed by atoms with Crippen molar-refractivity contribution >= 4 is 28.3 Å². The maximum Gasteiger partial charge on any atom is 0.257 e. The van der Waals surface area contributed by atoms with E-state index in [9.17, 15) is 9.18 Å². The number of ether oxygens (including phenoxy) is 1. The molecule has 1 atom stereocenters. The van der Waals surface area contributed by atoms with Crippen LogP contribution in [0.2, 0.25) is 0 Å². The Labute approximate surface area is 171 Å². The number of aromatic nitrogens is 4. The number of nitrogens with one attached hydrogen (secondary N) is 2. The highest BCUT2D eigenvalue weighted by atomic mass is 19.1. The van der Waals surface area contributed by atoms with Crippen LogP contribution in [0, 0.1) is 12.7 Å². The average Bonchev–Trinajstić information content (AvgIpc) is 3.37. The van der Waals surface area contributed by atoms with Crippen LogP contribution < -0.4 is 15.4 Å². The maximum atomic E-state index is 14.3. The first-order valence-corrected chi connectivity index (χ1v) is 9.66. The fraction of sp³-hybridized carbons (Fsp3) is 0.238. The molecule has 0 radical (unpaired) electrons. The zero-order valence-electron chi connectivity index (χ0n) is 16.2. The molecular formula is C21H19FN6O2. The third kappa shape index (κ3) is 3.33. The summed E-state index contributed by atoms with van der Waals surface area (Å²) in [6.07, 6.45) is 7.37. The number of anilines is 1. The molecule has 1 aliphatic rings. The molecule has 0 unspecified atom stereocenters. The second-order valence-corrected chi connectivity index (χ2v) is 7.24. The van der Waals surface area contributed by atoms with Crippen molar-refractivity contribution in [1.29, 1.82) is 0 Å². The van der Waals surface area contributed by atoms with Crippen LogP contribution in [0.15, 0.2) is 43.0 Å². The van der Waals surface area contributed by atoms with E-state index in [-0.39, 0.29) is 11.8 Å². The van der Waals surface area contributed by atoms with Crippen molar-refractivity contribution in [2.45, 2.75) is 19.4 Å². The SMILES string of the molecule is Cc1cn2cc(NC(=O)c3ccc(O[C@H]4CCNC4)c4nccnc34)cc(F)c2n1. The number of aryl methyl sites for hydroxylation is 1. The number of rotatable bonds is 4. The van der Waals surface area contributed by atoms with Gasteiger partial charge in [0.05, 0.1) is 16.9 Å². The largest absolute Gasteiger partial charge is 0.487 e. The molecule has 0 bridgehead atoms. The summed E-state index contributed by atoms with van der Waals surface area (Å²) in [6, 6.07) is 4.63. The third-order valence-corrected chi connectivity index (χ3v) is 5.03. The number of benzene rings is 1. The summed E-state index contributed by atoms with van der Waals surface area (Å²) in [5.74, 6) is -0.339. The molecule has 1 aromatic carbocycles. The van der Waals surface area contributed by atoms with Gasteiger partial charge in [-0.05, 0) is 32.0 Å². The number of hydrogen-bond donors (Lipinski definition) is 2. The summed E-state index contributed by atoms with van der Waals surface area (Å²) in [4.78, 5) is 25.8. The van der Waals surface area contributed by atoms with Gasteiger partial charge in [0.15, 0.2) is 11.5 Å². The Kier molecular flexibility index (Phi) is 4.51. The van der Waals surface area contributed by atoms with Gasteiger partial charge in [-0.1, -0.05) is 0 Å². The van der Waals surface area contributed by atoms with Crippen molar-refractivity contribution in [3.8, 4) is 5.75 Å². The minimum atomic E-state index is -0.514. The van der Waals surface area contributed by atoms with Crippen molar-refractivity contribution in [3.63, 3.8) is 0 Å². The van der Waals surface area contributed by atoms with Gasteiger partial charge in [0.2, 0.25) is 0 Å². The highest BCUT2D eigenvalue weighted by Gasteiger charge is 2.20. The lowest BCUT2D eigenvalue weighted by molar-refractivity contribution is 0.102. The van der Waals surface area contributed by atoms with Gasteiger partial charge in [0.25, 0.3) is 5.91 Å². The smallest absolute Gasteiger partial charge is 0.257 e. The molecule has 4 aromatic rings. The van der Waals surface area contributed by atoms with Crippen LogP contribution in [0.5, 0.6) is 5.75 Å². The van der Waals surface area contributed by atoms with Crippen LogP contribution in [0.4, 0.5) is 10.1 Å². The van der Waals surface area contributed by atoms with Gasteiger partial charge in [0.1, 0.15) is 22.9 Å². The molecule has 152 valence electrons. The molecule has 1 fully saturated rings. The van der Waals surface area contributed by atoms with Gasteiger partial charge in [-0.3, -0.25) is 9.78 Å². The maximum absolute atomic E-state index is 14.3. The Morgan fingerprint density at radius 1 is 1.27 bits per heavy atom. The molecule has 1 aliphatic heterocycles. The predicted molar refractivity (Wildman–Crippen MR) is 109 cm³/mol. The summed E-state index contributed by atoms with van der Waals surface area (Å²) >= 11 is 0.